The molecule has 24 heavy (non-hydrogen) atoms. The first-order valence-electron chi connectivity index (χ1n) is 8.76. The predicted octanol–water partition coefficient (Wildman–Crippen LogP) is 4.32. The lowest BCUT2D eigenvalue weighted by atomic mass is 9.70. The van der Waals surface area contributed by atoms with Crippen LogP contribution in [-0.4, -0.2) is 18.5 Å². The molecule has 1 atom stereocenters. The van der Waals surface area contributed by atoms with Gasteiger partial charge in [-0.15, -0.1) is 11.3 Å². The molecule has 1 N–H and O–H groups in total. The topological polar surface area (TPSA) is 55.4 Å². The highest BCUT2D eigenvalue weighted by molar-refractivity contribution is 7.10. The minimum atomic E-state index is -0.243. The van der Waals surface area contributed by atoms with Crippen LogP contribution in [0.3, 0.4) is 0 Å². The van der Waals surface area contributed by atoms with Crippen LogP contribution in [0.4, 0.5) is 0 Å². The second kappa shape index (κ2) is 8.15. The molecular formula is C19H29NO3S. The number of ether oxygens (including phenoxy) is 1. The van der Waals surface area contributed by atoms with Crippen LogP contribution in [-0.2, 0) is 14.3 Å². The summed E-state index contributed by atoms with van der Waals surface area (Å²) < 4.78 is 5.23. The molecule has 0 aromatic carbocycles. The Morgan fingerprint density at radius 3 is 2.50 bits per heavy atom. The standard InChI is InChI=1S/C19H29NO3S/c1-13(16-6-5-11-24-16)20-17(21)12-23-18(22)14-7-9-15(10-8-14)19(2,3)4/h5-6,11,13-15H,7-10,12H2,1-4H3,(H,20,21)/t13-,14?,15?/m1/s1. The fourth-order valence-electron chi connectivity index (χ4n) is 3.34. The van der Waals surface area contributed by atoms with Gasteiger partial charge in [0.1, 0.15) is 0 Å². The molecule has 1 aromatic rings. The summed E-state index contributed by atoms with van der Waals surface area (Å²) in [5.74, 6) is 0.150. The number of hydrogen-bond donors (Lipinski definition) is 1. The zero-order valence-corrected chi connectivity index (χ0v) is 15.9. The van der Waals surface area contributed by atoms with Gasteiger partial charge in [0.05, 0.1) is 12.0 Å². The molecule has 5 heteroatoms. The van der Waals surface area contributed by atoms with Crippen LogP contribution >= 0.6 is 11.3 Å². The third kappa shape index (κ3) is 5.33. The molecule has 0 unspecified atom stereocenters. The monoisotopic (exact) mass is 351 g/mol. The average Bonchev–Trinajstić information content (AvgIpc) is 3.06. The highest BCUT2D eigenvalue weighted by Gasteiger charge is 2.33. The SMILES string of the molecule is C[C@@H](NC(=O)COC(=O)C1CCC(C(C)(C)C)CC1)c1cccs1. The Morgan fingerprint density at radius 2 is 1.96 bits per heavy atom. The number of nitrogens with one attached hydrogen (secondary N) is 1. The quantitative estimate of drug-likeness (QED) is 0.804. The molecule has 1 saturated carbocycles. The number of amides is 1. The first kappa shape index (κ1) is 19.0. The Morgan fingerprint density at radius 1 is 1.29 bits per heavy atom. The number of rotatable bonds is 5. The summed E-state index contributed by atoms with van der Waals surface area (Å²) >= 11 is 1.60. The molecule has 1 fully saturated rings. The molecule has 0 saturated heterocycles. The van der Waals surface area contributed by atoms with E-state index in [1.54, 1.807) is 11.3 Å². The van der Waals surface area contributed by atoms with E-state index in [-0.39, 0.29) is 30.4 Å². The second-order valence-electron chi connectivity index (χ2n) is 7.83. The summed E-state index contributed by atoms with van der Waals surface area (Å²) in [6, 6.07) is 3.88. The summed E-state index contributed by atoms with van der Waals surface area (Å²) in [5, 5.41) is 4.84. The number of esters is 1. The van der Waals surface area contributed by atoms with Gasteiger partial charge in [0.2, 0.25) is 0 Å². The van der Waals surface area contributed by atoms with Crippen LogP contribution in [0.2, 0.25) is 0 Å². The molecule has 0 spiro atoms. The van der Waals surface area contributed by atoms with E-state index in [2.05, 4.69) is 26.1 Å². The maximum absolute atomic E-state index is 12.2. The van der Waals surface area contributed by atoms with Gasteiger partial charge in [-0.3, -0.25) is 9.59 Å². The predicted molar refractivity (Wildman–Crippen MR) is 96.7 cm³/mol. The summed E-state index contributed by atoms with van der Waals surface area (Å²) in [4.78, 5) is 25.2. The summed E-state index contributed by atoms with van der Waals surface area (Å²) in [7, 11) is 0. The van der Waals surface area contributed by atoms with Gasteiger partial charge in [-0.05, 0) is 55.4 Å². The molecule has 0 aliphatic heterocycles. The third-order valence-electron chi connectivity index (χ3n) is 4.98. The maximum atomic E-state index is 12.2. The first-order chi connectivity index (χ1) is 11.3. The molecule has 1 heterocycles. The Bertz CT molecular complexity index is 539. The minimum absolute atomic E-state index is 0.0499. The fourth-order valence-corrected chi connectivity index (χ4v) is 4.08. The Kier molecular flexibility index (Phi) is 6.44. The van der Waals surface area contributed by atoms with Gasteiger partial charge in [0, 0.05) is 4.88 Å². The van der Waals surface area contributed by atoms with Gasteiger partial charge in [0.25, 0.3) is 5.91 Å². The molecule has 1 aromatic heterocycles. The van der Waals surface area contributed by atoms with E-state index in [0.29, 0.717) is 11.3 Å². The van der Waals surface area contributed by atoms with Gasteiger partial charge in [-0.2, -0.15) is 0 Å². The van der Waals surface area contributed by atoms with Crippen LogP contribution in [0, 0.1) is 17.3 Å². The minimum Gasteiger partial charge on any atom is -0.455 e. The normalized spacial score (nSPS) is 22.7. The highest BCUT2D eigenvalue weighted by Crippen LogP contribution is 2.40. The van der Waals surface area contributed by atoms with E-state index in [1.165, 1.54) is 0 Å². The van der Waals surface area contributed by atoms with Crippen LogP contribution in [0.1, 0.15) is 64.3 Å². The Hall–Kier alpha value is -1.36. The molecule has 134 valence electrons. The number of thiophene rings is 1. The molecule has 1 aliphatic rings. The van der Waals surface area contributed by atoms with Crippen molar-refractivity contribution in [1.82, 2.24) is 5.32 Å². The third-order valence-corrected chi connectivity index (χ3v) is 6.03. The van der Waals surface area contributed by atoms with Crippen molar-refractivity contribution in [1.29, 1.82) is 0 Å². The molecule has 2 rings (SSSR count). The smallest absolute Gasteiger partial charge is 0.309 e. The molecule has 1 aliphatic carbocycles. The summed E-state index contributed by atoms with van der Waals surface area (Å²) in [6.45, 7) is 8.52. The fraction of sp³-hybridized carbons (Fsp3) is 0.684. The van der Waals surface area contributed by atoms with Crippen molar-refractivity contribution in [2.24, 2.45) is 17.3 Å². The van der Waals surface area contributed by atoms with E-state index in [4.69, 9.17) is 4.74 Å². The zero-order valence-electron chi connectivity index (χ0n) is 15.1. The number of carbonyl (C=O) groups is 2. The Balaban J connectivity index is 1.70. The van der Waals surface area contributed by atoms with E-state index in [1.807, 2.05) is 24.4 Å². The van der Waals surface area contributed by atoms with Crippen LogP contribution in [0.25, 0.3) is 0 Å². The van der Waals surface area contributed by atoms with Gasteiger partial charge >= 0.3 is 5.97 Å². The van der Waals surface area contributed by atoms with Crippen molar-refractivity contribution >= 4 is 23.2 Å². The van der Waals surface area contributed by atoms with Gasteiger partial charge in [0.15, 0.2) is 6.61 Å². The molecule has 4 nitrogen and oxygen atoms in total. The lowest BCUT2D eigenvalue weighted by Gasteiger charge is -2.36. The van der Waals surface area contributed by atoms with E-state index < -0.39 is 0 Å². The van der Waals surface area contributed by atoms with Crippen LogP contribution < -0.4 is 5.32 Å². The van der Waals surface area contributed by atoms with Crippen molar-refractivity contribution < 1.29 is 14.3 Å². The molecular weight excluding hydrogens is 322 g/mol. The maximum Gasteiger partial charge on any atom is 0.309 e. The lowest BCUT2D eigenvalue weighted by Crippen LogP contribution is -2.33. The molecule has 0 bridgehead atoms. The van der Waals surface area contributed by atoms with E-state index >= 15 is 0 Å². The second-order valence-corrected chi connectivity index (χ2v) is 8.81. The largest absolute Gasteiger partial charge is 0.455 e. The van der Waals surface area contributed by atoms with Crippen LogP contribution in [0.5, 0.6) is 0 Å². The van der Waals surface area contributed by atoms with Crippen molar-refractivity contribution in [2.75, 3.05) is 6.61 Å². The van der Waals surface area contributed by atoms with Gasteiger partial charge < -0.3 is 10.1 Å². The Labute approximate surface area is 149 Å². The zero-order chi connectivity index (χ0) is 17.7. The van der Waals surface area contributed by atoms with Crippen molar-refractivity contribution in [2.45, 2.75) is 59.4 Å². The summed E-state index contributed by atoms with van der Waals surface area (Å²) in [6.07, 6.45) is 3.86. The lowest BCUT2D eigenvalue weighted by molar-refractivity contribution is -0.154. The van der Waals surface area contributed by atoms with Gasteiger partial charge in [-0.1, -0.05) is 26.8 Å². The number of hydrogen-bond acceptors (Lipinski definition) is 4. The van der Waals surface area contributed by atoms with E-state index in [0.717, 1.165) is 30.6 Å². The van der Waals surface area contributed by atoms with Crippen molar-refractivity contribution in [3.8, 4) is 0 Å². The van der Waals surface area contributed by atoms with E-state index in [9.17, 15) is 9.59 Å². The van der Waals surface area contributed by atoms with Crippen molar-refractivity contribution in [3.05, 3.63) is 22.4 Å². The van der Waals surface area contributed by atoms with Crippen LogP contribution in [0.15, 0.2) is 17.5 Å². The number of carbonyl (C=O) groups excluding carboxylic acids is 2. The first-order valence-corrected chi connectivity index (χ1v) is 9.64. The van der Waals surface area contributed by atoms with Crippen molar-refractivity contribution in [3.63, 3.8) is 0 Å². The summed E-state index contributed by atoms with van der Waals surface area (Å²) in [5.41, 5.74) is 0.298. The average molecular weight is 352 g/mol. The van der Waals surface area contributed by atoms with Gasteiger partial charge in [-0.25, -0.2) is 0 Å². The molecule has 1 amide bonds. The molecule has 0 radical (unpaired) electrons. The highest BCUT2D eigenvalue weighted by atomic mass is 32.1.